The van der Waals surface area contributed by atoms with Gasteiger partial charge in [-0.2, -0.15) is 5.10 Å². The molecule has 0 saturated carbocycles. The molecule has 1 unspecified atom stereocenters. The van der Waals surface area contributed by atoms with Crippen molar-refractivity contribution < 1.29 is 4.79 Å². The highest BCUT2D eigenvalue weighted by atomic mass is 79.9. The molecule has 4 rings (SSSR count). The summed E-state index contributed by atoms with van der Waals surface area (Å²) < 4.78 is 0.776. The molecule has 2 amide bonds. The molecule has 3 aromatic rings. The third-order valence-corrected chi connectivity index (χ3v) is 7.02. The fourth-order valence-electron chi connectivity index (χ4n) is 4.53. The normalized spacial score (nSPS) is 15.8. The summed E-state index contributed by atoms with van der Waals surface area (Å²) in [4.78, 5) is 27.4. The van der Waals surface area contributed by atoms with Crippen molar-refractivity contribution in [3.8, 4) is 0 Å². The van der Waals surface area contributed by atoms with Gasteiger partial charge in [0, 0.05) is 31.2 Å². The lowest BCUT2D eigenvalue weighted by atomic mass is 9.84. The van der Waals surface area contributed by atoms with Crippen LogP contribution in [-0.4, -0.2) is 76.3 Å². The molecule has 1 aromatic carbocycles. The van der Waals surface area contributed by atoms with E-state index in [1.54, 1.807) is 11.2 Å². The Hall–Kier alpha value is -2.43. The van der Waals surface area contributed by atoms with Crippen LogP contribution in [-0.2, 0) is 0 Å². The Balaban J connectivity index is 1.58. The number of halogens is 2. The molecule has 0 bridgehead atoms. The first-order valence-electron chi connectivity index (χ1n) is 10.9. The van der Waals surface area contributed by atoms with Crippen LogP contribution in [0.3, 0.4) is 0 Å². The monoisotopic (exact) mass is 534 g/mol. The molecule has 9 nitrogen and oxygen atoms in total. The molecule has 0 spiro atoms. The van der Waals surface area contributed by atoms with Crippen molar-refractivity contribution in [2.24, 2.45) is 11.7 Å². The molecular formula is C22H28BrClN8O. The fourth-order valence-corrected chi connectivity index (χ4v) is 5.10. The number of hydrogen-bond acceptors (Lipinski definition) is 6. The zero-order chi connectivity index (χ0) is 23.5. The van der Waals surface area contributed by atoms with Gasteiger partial charge in [-0.05, 0) is 66.5 Å². The number of nitrogens with zero attached hydrogens (tertiary/aromatic N) is 6. The number of hydrogen-bond donors (Lipinski definition) is 2. The van der Waals surface area contributed by atoms with Crippen molar-refractivity contribution in [2.75, 3.05) is 45.2 Å². The first-order valence-corrected chi connectivity index (χ1v) is 12.1. The van der Waals surface area contributed by atoms with E-state index in [1.807, 2.05) is 38.4 Å². The Morgan fingerprint density at radius 2 is 1.94 bits per heavy atom. The lowest BCUT2D eigenvalue weighted by molar-refractivity contribution is 0.135. The van der Waals surface area contributed by atoms with Gasteiger partial charge in [-0.25, -0.2) is 14.8 Å². The van der Waals surface area contributed by atoms with E-state index >= 15 is 0 Å². The van der Waals surface area contributed by atoms with Crippen molar-refractivity contribution in [1.29, 1.82) is 0 Å². The minimum Gasteiger partial charge on any atom is -0.356 e. The molecule has 33 heavy (non-hydrogen) atoms. The Morgan fingerprint density at radius 3 is 2.58 bits per heavy atom. The number of likely N-dealkylation sites (N-methyl/N-ethyl adjacent to an activating group) is 1. The average molecular weight is 536 g/mol. The van der Waals surface area contributed by atoms with Gasteiger partial charge in [0.15, 0.2) is 5.65 Å². The molecular weight excluding hydrogens is 508 g/mol. The molecule has 2 aromatic heterocycles. The van der Waals surface area contributed by atoms with E-state index in [-0.39, 0.29) is 12.0 Å². The van der Waals surface area contributed by atoms with Gasteiger partial charge in [0.05, 0.1) is 11.4 Å². The first kappa shape index (κ1) is 23.7. The van der Waals surface area contributed by atoms with E-state index in [9.17, 15) is 4.79 Å². The van der Waals surface area contributed by atoms with Gasteiger partial charge in [-0.1, -0.05) is 23.7 Å². The third kappa shape index (κ3) is 5.23. The van der Waals surface area contributed by atoms with Gasteiger partial charge in [0.2, 0.25) is 0 Å². The SMILES string of the molecule is CN(C)CCN(C(N)=O)C(c1ccc(Cl)cc1)C1CCN(c2ncnc3n[nH]c(Br)c23)CC1. The number of nitrogens with two attached hydrogens (primary N) is 1. The maximum Gasteiger partial charge on any atom is 0.315 e. The average Bonchev–Trinajstić information content (AvgIpc) is 3.18. The molecule has 0 radical (unpaired) electrons. The number of anilines is 1. The Bertz CT molecular complexity index is 1100. The molecule has 1 aliphatic heterocycles. The van der Waals surface area contributed by atoms with Gasteiger partial charge in [-0.15, -0.1) is 0 Å². The molecule has 1 saturated heterocycles. The first-order chi connectivity index (χ1) is 15.8. The second-order valence-electron chi connectivity index (χ2n) is 8.59. The molecule has 1 fully saturated rings. The minimum atomic E-state index is -0.404. The zero-order valence-corrected chi connectivity index (χ0v) is 21.1. The van der Waals surface area contributed by atoms with Gasteiger partial charge in [0.25, 0.3) is 0 Å². The van der Waals surface area contributed by atoms with Crippen LogP contribution in [0.4, 0.5) is 10.6 Å². The van der Waals surface area contributed by atoms with Crippen molar-refractivity contribution >= 4 is 50.4 Å². The maximum atomic E-state index is 12.5. The Morgan fingerprint density at radius 1 is 1.24 bits per heavy atom. The summed E-state index contributed by atoms with van der Waals surface area (Å²) in [5.41, 5.74) is 7.57. The Kier molecular flexibility index (Phi) is 7.35. The van der Waals surface area contributed by atoms with Crippen LogP contribution in [0.15, 0.2) is 35.2 Å². The second kappa shape index (κ2) is 10.2. The van der Waals surface area contributed by atoms with Crippen molar-refractivity contribution in [3.05, 3.63) is 45.8 Å². The highest BCUT2D eigenvalue weighted by molar-refractivity contribution is 9.10. The summed E-state index contributed by atoms with van der Waals surface area (Å²) in [6.07, 6.45) is 3.32. The summed E-state index contributed by atoms with van der Waals surface area (Å²) in [5.74, 6) is 1.11. The standard InChI is InChI=1S/C22H28BrClN8O/c1-30(2)11-12-32(22(25)33)18(14-3-5-16(24)6-4-14)15-7-9-31(10-8-15)21-17-19(23)28-29-20(17)26-13-27-21/h3-6,13,15,18H,7-12H2,1-2H3,(H2,25,33)(H,26,27,28,29). The van der Waals surface area contributed by atoms with Crippen LogP contribution in [0.25, 0.3) is 11.0 Å². The quantitative estimate of drug-likeness (QED) is 0.478. The van der Waals surface area contributed by atoms with E-state index in [2.05, 4.69) is 45.9 Å². The number of piperidine rings is 1. The highest BCUT2D eigenvalue weighted by Crippen LogP contribution is 2.38. The third-order valence-electron chi connectivity index (χ3n) is 6.19. The van der Waals surface area contributed by atoms with Crippen molar-refractivity contribution in [3.63, 3.8) is 0 Å². The molecule has 1 aliphatic rings. The molecule has 1 atom stereocenters. The number of amides is 2. The number of carbonyl (C=O) groups is 1. The Labute approximate surface area is 206 Å². The predicted octanol–water partition coefficient (Wildman–Crippen LogP) is 3.67. The van der Waals surface area contributed by atoms with E-state index in [1.165, 1.54) is 0 Å². The largest absolute Gasteiger partial charge is 0.356 e. The van der Waals surface area contributed by atoms with Crippen molar-refractivity contribution in [1.82, 2.24) is 30.0 Å². The number of fused-ring (bicyclic) bond motifs is 1. The number of rotatable bonds is 7. The summed E-state index contributed by atoms with van der Waals surface area (Å²) >= 11 is 9.67. The van der Waals surface area contributed by atoms with E-state index < -0.39 is 6.03 Å². The predicted molar refractivity (Wildman–Crippen MR) is 133 cm³/mol. The van der Waals surface area contributed by atoms with Crippen LogP contribution in [0.1, 0.15) is 24.4 Å². The van der Waals surface area contributed by atoms with Crippen LogP contribution < -0.4 is 10.6 Å². The number of nitrogens with one attached hydrogen (secondary N) is 1. The van der Waals surface area contributed by atoms with Gasteiger partial charge in [-0.3, -0.25) is 5.10 Å². The van der Waals surface area contributed by atoms with E-state index in [0.29, 0.717) is 17.2 Å². The summed E-state index contributed by atoms with van der Waals surface area (Å²) in [5, 5.41) is 8.70. The highest BCUT2D eigenvalue weighted by Gasteiger charge is 2.34. The fraction of sp³-hybridized carbons (Fsp3) is 0.455. The van der Waals surface area contributed by atoms with Crippen LogP contribution in [0.2, 0.25) is 5.02 Å². The molecule has 3 N–H and O–H groups in total. The summed E-state index contributed by atoms with van der Waals surface area (Å²) in [6.45, 7) is 2.90. The van der Waals surface area contributed by atoms with Gasteiger partial charge in [0.1, 0.15) is 16.7 Å². The number of carbonyl (C=O) groups excluding carboxylic acids is 1. The number of aromatic nitrogens is 4. The van der Waals surface area contributed by atoms with E-state index in [0.717, 1.165) is 53.8 Å². The molecule has 11 heteroatoms. The number of benzene rings is 1. The minimum absolute atomic E-state index is 0.118. The zero-order valence-electron chi connectivity index (χ0n) is 18.7. The maximum absolute atomic E-state index is 12.5. The molecule has 0 aliphatic carbocycles. The number of urea groups is 1. The van der Waals surface area contributed by atoms with Gasteiger partial charge < -0.3 is 20.4 Å². The number of primary amides is 1. The lowest BCUT2D eigenvalue weighted by Gasteiger charge is -2.41. The van der Waals surface area contributed by atoms with Gasteiger partial charge >= 0.3 is 6.03 Å². The smallest absolute Gasteiger partial charge is 0.315 e. The van der Waals surface area contributed by atoms with Crippen LogP contribution in [0, 0.1) is 5.92 Å². The number of H-pyrrole nitrogens is 1. The number of aromatic amines is 1. The summed E-state index contributed by atoms with van der Waals surface area (Å²) in [6, 6.07) is 7.23. The van der Waals surface area contributed by atoms with Crippen LogP contribution in [0.5, 0.6) is 0 Å². The lowest BCUT2D eigenvalue weighted by Crippen LogP contribution is -2.47. The van der Waals surface area contributed by atoms with E-state index in [4.69, 9.17) is 17.3 Å². The topological polar surface area (TPSA) is 107 Å². The summed E-state index contributed by atoms with van der Waals surface area (Å²) in [7, 11) is 3.98. The van der Waals surface area contributed by atoms with Crippen LogP contribution >= 0.6 is 27.5 Å². The second-order valence-corrected chi connectivity index (χ2v) is 9.82. The molecule has 3 heterocycles. The van der Waals surface area contributed by atoms with Crippen molar-refractivity contribution in [2.45, 2.75) is 18.9 Å². The molecule has 176 valence electrons.